The highest BCUT2D eigenvalue weighted by atomic mass is 16.2. The van der Waals surface area contributed by atoms with E-state index in [1.54, 1.807) is 11.8 Å². The van der Waals surface area contributed by atoms with E-state index in [1.807, 2.05) is 4.90 Å². The van der Waals surface area contributed by atoms with Crippen molar-refractivity contribution < 1.29 is 9.59 Å². The summed E-state index contributed by atoms with van der Waals surface area (Å²) in [7, 11) is 0. The van der Waals surface area contributed by atoms with E-state index in [9.17, 15) is 9.59 Å². The van der Waals surface area contributed by atoms with Gasteiger partial charge in [0.15, 0.2) is 0 Å². The first-order valence-electron chi connectivity index (χ1n) is 7.12. The zero-order chi connectivity index (χ0) is 13.8. The number of amides is 3. The van der Waals surface area contributed by atoms with E-state index in [-0.39, 0.29) is 11.9 Å². The van der Waals surface area contributed by atoms with Gasteiger partial charge in [-0.25, -0.2) is 4.79 Å². The van der Waals surface area contributed by atoms with E-state index in [1.165, 1.54) is 0 Å². The molecule has 2 aliphatic heterocycles. The van der Waals surface area contributed by atoms with Crippen LogP contribution < -0.4 is 11.1 Å². The second kappa shape index (κ2) is 6.23. The van der Waals surface area contributed by atoms with Crippen molar-refractivity contribution >= 4 is 11.9 Å². The van der Waals surface area contributed by atoms with Crippen LogP contribution in [0.3, 0.4) is 0 Å². The zero-order valence-corrected chi connectivity index (χ0v) is 11.6. The minimum absolute atomic E-state index is 0.174. The number of primary amides is 1. The Morgan fingerprint density at radius 3 is 1.74 bits per heavy atom. The fourth-order valence-corrected chi connectivity index (χ4v) is 2.96. The van der Waals surface area contributed by atoms with Crippen molar-refractivity contribution in [1.82, 2.24) is 15.1 Å². The van der Waals surface area contributed by atoms with Crippen LogP contribution in [0.25, 0.3) is 0 Å². The quantitative estimate of drug-likeness (QED) is 0.747. The second-order valence-electron chi connectivity index (χ2n) is 5.55. The van der Waals surface area contributed by atoms with Gasteiger partial charge in [-0.2, -0.15) is 0 Å². The van der Waals surface area contributed by atoms with Gasteiger partial charge in [-0.15, -0.1) is 0 Å². The van der Waals surface area contributed by atoms with Gasteiger partial charge in [0.05, 0.1) is 0 Å². The summed E-state index contributed by atoms with van der Waals surface area (Å²) in [5, 5.41) is 3.66. The molecule has 19 heavy (non-hydrogen) atoms. The molecule has 3 N–H and O–H groups in total. The van der Waals surface area contributed by atoms with Crippen molar-refractivity contribution in [2.24, 2.45) is 5.73 Å². The fraction of sp³-hybridized carbons (Fsp3) is 0.846. The molecule has 0 atom stereocenters. The Labute approximate surface area is 114 Å². The van der Waals surface area contributed by atoms with Crippen LogP contribution in [-0.2, 0) is 4.79 Å². The summed E-state index contributed by atoms with van der Waals surface area (Å²) in [5.41, 5.74) is 5.27. The Balaban J connectivity index is 1.69. The summed E-state index contributed by atoms with van der Waals surface area (Å²) in [6.45, 7) is 4.84. The van der Waals surface area contributed by atoms with E-state index in [0.717, 1.165) is 51.9 Å². The minimum Gasteiger partial charge on any atom is -0.351 e. The lowest BCUT2D eigenvalue weighted by Gasteiger charge is -2.37. The summed E-state index contributed by atoms with van der Waals surface area (Å²) in [5.74, 6) is 0.174. The van der Waals surface area contributed by atoms with E-state index in [0.29, 0.717) is 12.1 Å². The van der Waals surface area contributed by atoms with E-state index < -0.39 is 0 Å². The second-order valence-corrected chi connectivity index (χ2v) is 5.55. The Kier molecular flexibility index (Phi) is 4.63. The molecule has 3 amide bonds. The van der Waals surface area contributed by atoms with Crippen molar-refractivity contribution in [2.75, 3.05) is 26.2 Å². The van der Waals surface area contributed by atoms with Crippen LogP contribution in [-0.4, -0.2) is 60.0 Å². The molecule has 0 unspecified atom stereocenters. The number of urea groups is 1. The molecule has 0 aromatic rings. The average Bonchev–Trinajstić information content (AvgIpc) is 2.40. The van der Waals surface area contributed by atoms with Crippen LogP contribution in [0.5, 0.6) is 0 Å². The molecule has 0 aromatic carbocycles. The van der Waals surface area contributed by atoms with Gasteiger partial charge in [0.1, 0.15) is 0 Å². The molecular formula is C13H24N4O2. The van der Waals surface area contributed by atoms with Crippen molar-refractivity contribution in [2.45, 2.75) is 44.7 Å². The minimum atomic E-state index is -0.312. The van der Waals surface area contributed by atoms with Crippen molar-refractivity contribution in [3.05, 3.63) is 0 Å². The molecule has 6 heteroatoms. The smallest absolute Gasteiger partial charge is 0.314 e. The lowest BCUT2D eigenvalue weighted by molar-refractivity contribution is -0.129. The van der Waals surface area contributed by atoms with E-state index >= 15 is 0 Å². The molecule has 0 saturated carbocycles. The average molecular weight is 268 g/mol. The van der Waals surface area contributed by atoms with Crippen molar-refractivity contribution in [3.63, 3.8) is 0 Å². The number of nitrogens with zero attached hydrogens (tertiary/aromatic N) is 2. The molecule has 0 bridgehead atoms. The molecule has 0 spiro atoms. The van der Waals surface area contributed by atoms with Crippen LogP contribution in [0.15, 0.2) is 0 Å². The summed E-state index contributed by atoms with van der Waals surface area (Å²) in [6, 6.07) is 0.665. The van der Waals surface area contributed by atoms with Crippen LogP contribution in [0, 0.1) is 0 Å². The molecule has 108 valence electrons. The third-order valence-corrected chi connectivity index (χ3v) is 4.22. The van der Waals surface area contributed by atoms with Crippen LogP contribution in [0.1, 0.15) is 32.6 Å². The first-order chi connectivity index (χ1) is 9.06. The number of hydrogen-bond acceptors (Lipinski definition) is 3. The molecule has 2 heterocycles. The first-order valence-corrected chi connectivity index (χ1v) is 7.12. The molecule has 2 rings (SSSR count). The molecule has 2 fully saturated rings. The number of likely N-dealkylation sites (tertiary alicyclic amines) is 2. The maximum atomic E-state index is 11.3. The standard InChI is InChI=1S/C13H24N4O2/c1-10(18)16-6-2-11(3-7-16)15-12-4-8-17(9-5-12)13(14)19/h11-12,15H,2-9H2,1H3,(H2,14,19). The number of carbonyl (C=O) groups is 2. The van der Waals surface area contributed by atoms with Crippen LogP contribution in [0.2, 0.25) is 0 Å². The topological polar surface area (TPSA) is 78.7 Å². The molecular weight excluding hydrogens is 244 g/mol. The van der Waals surface area contributed by atoms with Gasteiger partial charge in [0.25, 0.3) is 0 Å². The maximum Gasteiger partial charge on any atom is 0.314 e. The first kappa shape index (κ1) is 14.1. The normalized spacial score (nSPS) is 22.6. The lowest BCUT2D eigenvalue weighted by Crippen LogP contribution is -2.51. The highest BCUT2D eigenvalue weighted by Gasteiger charge is 2.26. The van der Waals surface area contributed by atoms with Gasteiger partial charge in [-0.1, -0.05) is 0 Å². The summed E-state index contributed by atoms with van der Waals surface area (Å²) in [4.78, 5) is 25.9. The van der Waals surface area contributed by atoms with Crippen molar-refractivity contribution in [1.29, 1.82) is 0 Å². The number of nitrogens with one attached hydrogen (secondary N) is 1. The third-order valence-electron chi connectivity index (χ3n) is 4.22. The summed E-state index contributed by atoms with van der Waals surface area (Å²) >= 11 is 0. The maximum absolute atomic E-state index is 11.3. The largest absolute Gasteiger partial charge is 0.351 e. The zero-order valence-electron chi connectivity index (χ0n) is 11.6. The van der Waals surface area contributed by atoms with Gasteiger partial charge < -0.3 is 20.9 Å². The van der Waals surface area contributed by atoms with Gasteiger partial charge in [0, 0.05) is 45.2 Å². The third kappa shape index (κ3) is 3.83. The Bertz CT molecular complexity index is 300. The molecule has 0 aromatic heterocycles. The molecule has 0 radical (unpaired) electrons. The Hall–Kier alpha value is -1.30. The predicted octanol–water partition coefficient (Wildman–Crippen LogP) is 0.130. The predicted molar refractivity (Wildman–Crippen MR) is 72.6 cm³/mol. The van der Waals surface area contributed by atoms with Gasteiger partial charge >= 0.3 is 6.03 Å². The van der Waals surface area contributed by atoms with Gasteiger partial charge in [0.2, 0.25) is 5.91 Å². The Morgan fingerprint density at radius 1 is 0.947 bits per heavy atom. The number of nitrogens with two attached hydrogens (primary N) is 1. The number of hydrogen-bond donors (Lipinski definition) is 2. The van der Waals surface area contributed by atoms with Gasteiger partial charge in [-0.3, -0.25) is 4.79 Å². The number of carbonyl (C=O) groups excluding carboxylic acids is 2. The van der Waals surface area contributed by atoms with Gasteiger partial charge in [-0.05, 0) is 25.7 Å². The molecule has 2 saturated heterocycles. The Morgan fingerprint density at radius 2 is 1.37 bits per heavy atom. The fourth-order valence-electron chi connectivity index (χ4n) is 2.96. The summed E-state index contributed by atoms with van der Waals surface area (Å²) in [6.07, 6.45) is 3.98. The van der Waals surface area contributed by atoms with Crippen LogP contribution >= 0.6 is 0 Å². The highest BCUT2D eigenvalue weighted by molar-refractivity contribution is 5.73. The monoisotopic (exact) mass is 268 g/mol. The molecule has 0 aliphatic carbocycles. The SMILES string of the molecule is CC(=O)N1CCC(NC2CCN(C(N)=O)CC2)CC1. The lowest BCUT2D eigenvalue weighted by atomic mass is 9.99. The van der Waals surface area contributed by atoms with E-state index in [4.69, 9.17) is 5.73 Å². The molecule has 6 nitrogen and oxygen atoms in total. The van der Waals surface area contributed by atoms with Crippen LogP contribution in [0.4, 0.5) is 4.79 Å². The molecule has 2 aliphatic rings. The summed E-state index contributed by atoms with van der Waals surface area (Å²) < 4.78 is 0. The number of piperidine rings is 2. The van der Waals surface area contributed by atoms with Crippen molar-refractivity contribution in [3.8, 4) is 0 Å². The highest BCUT2D eigenvalue weighted by Crippen LogP contribution is 2.15. The number of rotatable bonds is 2. The van der Waals surface area contributed by atoms with E-state index in [2.05, 4.69) is 5.32 Å².